The van der Waals surface area contributed by atoms with Crippen LogP contribution in [-0.2, 0) is 4.74 Å². The Bertz CT molecular complexity index is 182. The molecule has 3 nitrogen and oxygen atoms in total. The first kappa shape index (κ1) is 12.9. The Hall–Kier alpha value is -0.120. The summed E-state index contributed by atoms with van der Waals surface area (Å²) in [4.78, 5) is 0. The summed E-state index contributed by atoms with van der Waals surface area (Å²) in [6, 6.07) is 0.594. The van der Waals surface area contributed by atoms with E-state index in [-0.39, 0.29) is 5.41 Å². The lowest BCUT2D eigenvalue weighted by molar-refractivity contribution is -0.0973. The third-order valence-electron chi connectivity index (χ3n) is 3.69. The van der Waals surface area contributed by atoms with Gasteiger partial charge in [0.25, 0.3) is 0 Å². The number of aliphatic hydroxyl groups excluding tert-OH is 1. The van der Waals surface area contributed by atoms with Crippen molar-refractivity contribution in [3.63, 3.8) is 0 Å². The third-order valence-corrected chi connectivity index (χ3v) is 3.69. The fraction of sp³-hybridized carbons (Fsp3) is 1.00. The summed E-state index contributed by atoms with van der Waals surface area (Å²) in [6.45, 7) is 5.90. The molecule has 0 aromatic heterocycles. The third kappa shape index (κ3) is 3.16. The molecule has 1 aliphatic carbocycles. The molecule has 0 radical (unpaired) electrons. The number of nitrogens with one attached hydrogen (secondary N) is 1. The molecule has 0 aromatic carbocycles. The minimum absolute atomic E-state index is 0.270. The zero-order valence-electron chi connectivity index (χ0n) is 10.3. The quantitative estimate of drug-likeness (QED) is 0.633. The first-order valence-electron chi connectivity index (χ1n) is 6.00. The van der Waals surface area contributed by atoms with E-state index in [2.05, 4.69) is 19.2 Å². The predicted octanol–water partition coefficient (Wildman–Crippen LogP) is 1.55. The van der Waals surface area contributed by atoms with Gasteiger partial charge in [0.1, 0.15) is 0 Å². The van der Waals surface area contributed by atoms with E-state index in [0.29, 0.717) is 18.8 Å². The molecular weight excluding hydrogens is 190 g/mol. The predicted molar refractivity (Wildman–Crippen MR) is 61.9 cm³/mol. The van der Waals surface area contributed by atoms with Gasteiger partial charge in [0.15, 0.2) is 0 Å². The van der Waals surface area contributed by atoms with E-state index in [1.54, 1.807) is 7.11 Å². The molecule has 90 valence electrons. The largest absolute Gasteiger partial charge is 0.396 e. The maximum atomic E-state index is 8.64. The summed E-state index contributed by atoms with van der Waals surface area (Å²) in [5, 5.41) is 12.2. The van der Waals surface area contributed by atoms with E-state index in [1.807, 2.05) is 0 Å². The van der Waals surface area contributed by atoms with Crippen molar-refractivity contribution in [2.75, 3.05) is 20.3 Å². The Morgan fingerprint density at radius 3 is 2.60 bits per heavy atom. The molecule has 0 spiro atoms. The van der Waals surface area contributed by atoms with Crippen LogP contribution in [0.25, 0.3) is 0 Å². The molecule has 0 amide bonds. The second-order valence-corrected chi connectivity index (χ2v) is 5.07. The van der Waals surface area contributed by atoms with Gasteiger partial charge >= 0.3 is 0 Å². The first-order chi connectivity index (χ1) is 7.12. The van der Waals surface area contributed by atoms with E-state index >= 15 is 0 Å². The van der Waals surface area contributed by atoms with Crippen molar-refractivity contribution in [3.8, 4) is 0 Å². The van der Waals surface area contributed by atoms with Crippen LogP contribution in [0.5, 0.6) is 0 Å². The van der Waals surface area contributed by atoms with Crippen molar-refractivity contribution in [2.24, 2.45) is 5.41 Å². The van der Waals surface area contributed by atoms with Crippen molar-refractivity contribution in [2.45, 2.75) is 51.7 Å². The van der Waals surface area contributed by atoms with Crippen molar-refractivity contribution < 1.29 is 9.84 Å². The second kappa shape index (κ2) is 5.83. The average molecular weight is 215 g/mol. The number of hydrogen-bond acceptors (Lipinski definition) is 3. The van der Waals surface area contributed by atoms with Crippen LogP contribution in [0, 0.1) is 5.41 Å². The Balaban J connectivity index is 2.08. The van der Waals surface area contributed by atoms with Crippen LogP contribution < -0.4 is 5.32 Å². The summed E-state index contributed by atoms with van der Waals surface area (Å²) in [5.74, 6) is 0. The Morgan fingerprint density at radius 2 is 2.07 bits per heavy atom. The molecule has 15 heavy (non-hydrogen) atoms. The van der Waals surface area contributed by atoms with Crippen LogP contribution in [-0.4, -0.2) is 37.5 Å². The van der Waals surface area contributed by atoms with E-state index in [0.717, 1.165) is 32.2 Å². The first-order valence-corrected chi connectivity index (χ1v) is 6.00. The molecule has 1 fully saturated rings. The van der Waals surface area contributed by atoms with Gasteiger partial charge in [-0.15, -0.1) is 0 Å². The average Bonchev–Trinajstić information content (AvgIpc) is 2.21. The minimum atomic E-state index is 0.270. The lowest BCUT2D eigenvalue weighted by atomic mass is 9.64. The number of ether oxygens (including phenoxy) is 1. The molecule has 2 unspecified atom stereocenters. The van der Waals surface area contributed by atoms with Crippen LogP contribution in [0.15, 0.2) is 0 Å². The Kier molecular flexibility index (Phi) is 5.03. The van der Waals surface area contributed by atoms with Crippen LogP contribution in [0.1, 0.15) is 39.5 Å². The number of hydrogen-bond donors (Lipinski definition) is 2. The molecular formula is C12H25NO2. The molecule has 0 aliphatic heterocycles. The van der Waals surface area contributed by atoms with E-state index in [9.17, 15) is 0 Å². The zero-order chi connectivity index (χ0) is 11.3. The molecule has 0 bridgehead atoms. The normalized spacial score (nSPS) is 28.8. The van der Waals surface area contributed by atoms with Gasteiger partial charge in [-0.2, -0.15) is 0 Å². The van der Waals surface area contributed by atoms with Crippen LogP contribution >= 0.6 is 0 Å². The molecule has 1 aliphatic rings. The van der Waals surface area contributed by atoms with E-state index in [4.69, 9.17) is 9.84 Å². The summed E-state index contributed by atoms with van der Waals surface area (Å²) >= 11 is 0. The number of rotatable bonds is 7. The van der Waals surface area contributed by atoms with Crippen molar-refractivity contribution >= 4 is 0 Å². The lowest BCUT2D eigenvalue weighted by Crippen LogP contribution is -2.60. The maximum Gasteiger partial charge on any atom is 0.0652 e. The van der Waals surface area contributed by atoms with Gasteiger partial charge in [0, 0.05) is 25.2 Å². The highest BCUT2D eigenvalue weighted by atomic mass is 16.5. The van der Waals surface area contributed by atoms with Gasteiger partial charge in [-0.05, 0) is 32.2 Å². The summed E-state index contributed by atoms with van der Waals surface area (Å²) in [6.07, 6.45) is 4.74. The molecule has 0 aromatic rings. The van der Waals surface area contributed by atoms with Gasteiger partial charge in [-0.1, -0.05) is 13.8 Å². The molecule has 1 saturated carbocycles. The fourth-order valence-electron chi connectivity index (χ4n) is 2.32. The molecule has 2 N–H and O–H groups in total. The fourth-order valence-corrected chi connectivity index (χ4v) is 2.32. The monoisotopic (exact) mass is 215 g/mol. The van der Waals surface area contributed by atoms with Crippen LogP contribution in [0.2, 0.25) is 0 Å². The molecule has 0 heterocycles. The van der Waals surface area contributed by atoms with E-state index < -0.39 is 0 Å². The van der Waals surface area contributed by atoms with Gasteiger partial charge < -0.3 is 15.2 Å². The minimum Gasteiger partial charge on any atom is -0.396 e. The molecule has 1 rings (SSSR count). The van der Waals surface area contributed by atoms with Gasteiger partial charge in [-0.25, -0.2) is 0 Å². The number of unbranched alkanes of at least 4 members (excludes halogenated alkanes) is 2. The Morgan fingerprint density at radius 1 is 1.33 bits per heavy atom. The van der Waals surface area contributed by atoms with Gasteiger partial charge in [-0.3, -0.25) is 0 Å². The standard InChI is InChI=1S/C12H25NO2/c1-12(2)10(9-11(12)15-3)13-7-5-4-6-8-14/h10-11,13-14H,4-9H2,1-3H3. The number of methoxy groups -OCH3 is 1. The van der Waals surface area contributed by atoms with E-state index in [1.165, 1.54) is 0 Å². The highest BCUT2D eigenvalue weighted by Crippen LogP contribution is 2.42. The summed E-state index contributed by atoms with van der Waals surface area (Å²) < 4.78 is 5.40. The molecule has 0 saturated heterocycles. The maximum absolute atomic E-state index is 8.64. The lowest BCUT2D eigenvalue weighted by Gasteiger charge is -2.51. The van der Waals surface area contributed by atoms with Crippen molar-refractivity contribution in [3.05, 3.63) is 0 Å². The van der Waals surface area contributed by atoms with Crippen molar-refractivity contribution in [1.29, 1.82) is 0 Å². The van der Waals surface area contributed by atoms with Crippen molar-refractivity contribution in [1.82, 2.24) is 5.32 Å². The van der Waals surface area contributed by atoms with Gasteiger partial charge in [0.05, 0.1) is 6.10 Å². The SMILES string of the molecule is COC1CC(NCCCCCO)C1(C)C. The smallest absolute Gasteiger partial charge is 0.0652 e. The van der Waals surface area contributed by atoms with Gasteiger partial charge in [0.2, 0.25) is 0 Å². The topological polar surface area (TPSA) is 41.5 Å². The highest BCUT2D eigenvalue weighted by molar-refractivity contribution is 5.02. The second-order valence-electron chi connectivity index (χ2n) is 5.07. The molecule has 3 heteroatoms. The highest BCUT2D eigenvalue weighted by Gasteiger charge is 2.47. The zero-order valence-corrected chi connectivity index (χ0v) is 10.3. The molecule has 2 atom stereocenters. The summed E-state index contributed by atoms with van der Waals surface area (Å²) in [7, 11) is 1.80. The Labute approximate surface area is 93.2 Å². The number of aliphatic hydroxyl groups is 1. The van der Waals surface area contributed by atoms with Crippen LogP contribution in [0.3, 0.4) is 0 Å². The summed E-state index contributed by atoms with van der Waals surface area (Å²) in [5.41, 5.74) is 0.270. The van der Waals surface area contributed by atoms with Crippen LogP contribution in [0.4, 0.5) is 0 Å².